The summed E-state index contributed by atoms with van der Waals surface area (Å²) in [5.74, 6) is 1.63. The highest BCUT2D eigenvalue weighted by Crippen LogP contribution is 2.22. The van der Waals surface area contributed by atoms with E-state index in [-0.39, 0.29) is 18.4 Å². The van der Waals surface area contributed by atoms with Crippen LogP contribution in [-0.2, 0) is 17.6 Å². The Hall–Kier alpha value is -2.38. The van der Waals surface area contributed by atoms with Gasteiger partial charge in [-0.05, 0) is 25.0 Å². The molecule has 7 heteroatoms. The number of nitrogens with zero attached hydrogens (tertiary/aromatic N) is 2. The topological polar surface area (TPSA) is 87.8 Å². The SMILES string of the molecule is COc1ccccc1CCNC(=O)CN1C[C@@H](Cc2cc(C)no2)[C@@H](O)C1. The molecule has 0 radical (unpaired) electrons. The van der Waals surface area contributed by atoms with Crippen LogP contribution >= 0.6 is 0 Å². The van der Waals surface area contributed by atoms with Gasteiger partial charge in [0, 0.05) is 38.0 Å². The maximum absolute atomic E-state index is 12.2. The zero-order chi connectivity index (χ0) is 19.2. The van der Waals surface area contributed by atoms with E-state index in [1.807, 2.05) is 42.2 Å². The average molecular weight is 373 g/mol. The lowest BCUT2D eigenvalue weighted by molar-refractivity contribution is -0.122. The lowest BCUT2D eigenvalue weighted by Crippen LogP contribution is -2.37. The van der Waals surface area contributed by atoms with Crippen LogP contribution in [-0.4, -0.2) is 60.5 Å². The maximum atomic E-state index is 12.2. The van der Waals surface area contributed by atoms with E-state index in [1.165, 1.54) is 0 Å². The Labute approximate surface area is 159 Å². The van der Waals surface area contributed by atoms with Crippen LogP contribution in [0.3, 0.4) is 0 Å². The summed E-state index contributed by atoms with van der Waals surface area (Å²) < 4.78 is 10.6. The van der Waals surface area contributed by atoms with Crippen LogP contribution < -0.4 is 10.1 Å². The summed E-state index contributed by atoms with van der Waals surface area (Å²) in [5, 5.41) is 17.1. The van der Waals surface area contributed by atoms with Gasteiger partial charge < -0.3 is 19.7 Å². The molecule has 1 aliphatic heterocycles. The predicted octanol–water partition coefficient (Wildman–Crippen LogP) is 1.19. The van der Waals surface area contributed by atoms with Crippen molar-refractivity contribution >= 4 is 5.91 Å². The standard InChI is InChI=1S/C20H27N3O4/c1-14-9-17(27-22-14)10-16-11-23(12-18(16)24)13-20(25)21-8-7-15-5-3-4-6-19(15)26-2/h3-6,9,16,18,24H,7-8,10-13H2,1-2H3,(H,21,25)/t16-,18+/m1/s1. The number of aromatic nitrogens is 1. The summed E-state index contributed by atoms with van der Waals surface area (Å²) in [4.78, 5) is 14.2. The largest absolute Gasteiger partial charge is 0.496 e. The first-order chi connectivity index (χ1) is 13.0. The quantitative estimate of drug-likeness (QED) is 0.723. The van der Waals surface area contributed by atoms with Gasteiger partial charge in [-0.2, -0.15) is 0 Å². The molecule has 0 saturated carbocycles. The van der Waals surface area contributed by atoms with Crippen LogP contribution in [0.25, 0.3) is 0 Å². The number of hydrogen-bond acceptors (Lipinski definition) is 6. The number of rotatable bonds is 8. The number of carbonyl (C=O) groups is 1. The van der Waals surface area contributed by atoms with E-state index in [2.05, 4.69) is 10.5 Å². The van der Waals surface area contributed by atoms with Crippen LogP contribution in [0.4, 0.5) is 0 Å². The number of amides is 1. The van der Waals surface area contributed by atoms with E-state index in [0.717, 1.165) is 22.8 Å². The number of methoxy groups -OCH3 is 1. The second-order valence-electron chi connectivity index (χ2n) is 7.07. The Kier molecular flexibility index (Phi) is 6.47. The van der Waals surface area contributed by atoms with Gasteiger partial charge in [-0.1, -0.05) is 23.4 Å². The summed E-state index contributed by atoms with van der Waals surface area (Å²) in [6.07, 6.45) is 0.886. The zero-order valence-corrected chi connectivity index (χ0v) is 15.9. The molecule has 0 bridgehead atoms. The van der Waals surface area contributed by atoms with Crippen LogP contribution in [0.15, 0.2) is 34.9 Å². The molecule has 2 N–H and O–H groups in total. The molecule has 0 unspecified atom stereocenters. The van der Waals surface area contributed by atoms with Gasteiger partial charge >= 0.3 is 0 Å². The number of benzene rings is 1. The summed E-state index contributed by atoms with van der Waals surface area (Å²) in [6, 6.07) is 9.69. The molecule has 1 aromatic carbocycles. The molecule has 0 aliphatic carbocycles. The highest BCUT2D eigenvalue weighted by atomic mass is 16.5. The van der Waals surface area contributed by atoms with Gasteiger partial charge in [0.25, 0.3) is 0 Å². The normalized spacial score (nSPS) is 20.0. The summed E-state index contributed by atoms with van der Waals surface area (Å²) in [6.45, 7) is 3.88. The van der Waals surface area contributed by atoms with Crippen molar-refractivity contribution in [3.8, 4) is 5.75 Å². The van der Waals surface area contributed by atoms with Crippen molar-refractivity contribution in [3.63, 3.8) is 0 Å². The Morgan fingerprint density at radius 1 is 1.41 bits per heavy atom. The molecule has 27 heavy (non-hydrogen) atoms. The minimum atomic E-state index is -0.461. The zero-order valence-electron chi connectivity index (χ0n) is 15.9. The van der Waals surface area contributed by atoms with Crippen molar-refractivity contribution in [1.82, 2.24) is 15.4 Å². The molecule has 0 spiro atoms. The van der Waals surface area contributed by atoms with E-state index in [9.17, 15) is 9.90 Å². The number of aliphatic hydroxyl groups is 1. The second kappa shape index (κ2) is 9.01. The Balaban J connectivity index is 1.41. The molecule has 2 heterocycles. The summed E-state index contributed by atoms with van der Waals surface area (Å²) in [7, 11) is 1.65. The molecule has 7 nitrogen and oxygen atoms in total. The van der Waals surface area contributed by atoms with E-state index in [0.29, 0.717) is 32.5 Å². The Bertz CT molecular complexity index is 761. The monoisotopic (exact) mass is 373 g/mol. The van der Waals surface area contributed by atoms with Gasteiger partial charge in [-0.15, -0.1) is 0 Å². The van der Waals surface area contributed by atoms with E-state index in [1.54, 1.807) is 7.11 Å². The van der Waals surface area contributed by atoms with Crippen molar-refractivity contribution < 1.29 is 19.2 Å². The van der Waals surface area contributed by atoms with Crippen LogP contribution in [0, 0.1) is 12.8 Å². The van der Waals surface area contributed by atoms with Crippen LogP contribution in [0.1, 0.15) is 17.0 Å². The van der Waals surface area contributed by atoms with Gasteiger partial charge in [-0.25, -0.2) is 0 Å². The molecular formula is C20H27N3O4. The lowest BCUT2D eigenvalue weighted by Gasteiger charge is -2.15. The fourth-order valence-electron chi connectivity index (χ4n) is 3.55. The van der Waals surface area contributed by atoms with Crippen molar-refractivity contribution in [2.24, 2.45) is 5.92 Å². The number of aliphatic hydroxyl groups excluding tert-OH is 1. The number of hydrogen-bond donors (Lipinski definition) is 2. The number of likely N-dealkylation sites (tertiary alicyclic amines) is 1. The fourth-order valence-corrected chi connectivity index (χ4v) is 3.55. The first-order valence-electron chi connectivity index (χ1n) is 9.26. The van der Waals surface area contributed by atoms with E-state index < -0.39 is 6.10 Å². The average Bonchev–Trinajstić information content (AvgIpc) is 3.21. The van der Waals surface area contributed by atoms with E-state index >= 15 is 0 Å². The minimum Gasteiger partial charge on any atom is -0.496 e. The lowest BCUT2D eigenvalue weighted by atomic mass is 10.0. The Morgan fingerprint density at radius 2 is 2.22 bits per heavy atom. The van der Waals surface area contributed by atoms with Gasteiger partial charge in [0.05, 0.1) is 25.5 Å². The third-order valence-corrected chi connectivity index (χ3v) is 4.90. The van der Waals surface area contributed by atoms with E-state index in [4.69, 9.17) is 9.26 Å². The number of para-hydroxylation sites is 1. The predicted molar refractivity (Wildman–Crippen MR) is 101 cm³/mol. The molecular weight excluding hydrogens is 346 g/mol. The third kappa shape index (κ3) is 5.30. The first-order valence-corrected chi connectivity index (χ1v) is 9.26. The maximum Gasteiger partial charge on any atom is 0.234 e. The van der Waals surface area contributed by atoms with Crippen molar-refractivity contribution in [1.29, 1.82) is 0 Å². The first kappa shape index (κ1) is 19.4. The molecule has 1 saturated heterocycles. The highest BCUT2D eigenvalue weighted by molar-refractivity contribution is 5.78. The summed E-state index contributed by atoms with van der Waals surface area (Å²) in [5.41, 5.74) is 1.91. The van der Waals surface area contributed by atoms with Gasteiger partial charge in [0.15, 0.2) is 0 Å². The molecule has 2 atom stereocenters. The molecule has 1 aromatic heterocycles. The highest BCUT2D eigenvalue weighted by Gasteiger charge is 2.33. The summed E-state index contributed by atoms with van der Waals surface area (Å²) >= 11 is 0. The van der Waals surface area contributed by atoms with Gasteiger partial charge in [-0.3, -0.25) is 9.69 Å². The smallest absolute Gasteiger partial charge is 0.234 e. The molecule has 2 aromatic rings. The molecule has 1 amide bonds. The molecule has 146 valence electrons. The molecule has 3 rings (SSSR count). The molecule has 1 aliphatic rings. The molecule has 1 fully saturated rings. The number of β-amino-alcohol motifs (C(OH)–C–C–N with tert-alkyl or cyclic N) is 1. The number of aryl methyl sites for hydroxylation is 1. The number of ether oxygens (including phenoxy) is 1. The second-order valence-corrected chi connectivity index (χ2v) is 7.07. The van der Waals surface area contributed by atoms with Crippen LogP contribution in [0.2, 0.25) is 0 Å². The van der Waals surface area contributed by atoms with Crippen molar-refractivity contribution in [3.05, 3.63) is 47.3 Å². The van der Waals surface area contributed by atoms with Crippen molar-refractivity contribution in [2.45, 2.75) is 25.9 Å². The van der Waals surface area contributed by atoms with Gasteiger partial charge in [0.1, 0.15) is 11.5 Å². The van der Waals surface area contributed by atoms with Crippen LogP contribution in [0.5, 0.6) is 5.75 Å². The third-order valence-electron chi connectivity index (χ3n) is 4.90. The Morgan fingerprint density at radius 3 is 2.96 bits per heavy atom. The van der Waals surface area contributed by atoms with Gasteiger partial charge in [0.2, 0.25) is 5.91 Å². The van der Waals surface area contributed by atoms with Crippen molar-refractivity contribution in [2.75, 3.05) is 33.3 Å². The number of carbonyl (C=O) groups excluding carboxylic acids is 1. The number of nitrogens with one attached hydrogen (secondary N) is 1. The fraction of sp³-hybridized carbons (Fsp3) is 0.500. The minimum absolute atomic E-state index is 0.0340.